The summed E-state index contributed by atoms with van der Waals surface area (Å²) in [6.45, 7) is 4.08. The van der Waals surface area contributed by atoms with Crippen LogP contribution in [0.3, 0.4) is 0 Å². The van der Waals surface area contributed by atoms with Gasteiger partial charge in [-0.25, -0.2) is 0 Å². The molecule has 0 heterocycles. The predicted molar refractivity (Wildman–Crippen MR) is 44.7 cm³/mol. The van der Waals surface area contributed by atoms with Crippen LogP contribution in [0.5, 0.6) is 0 Å². The van der Waals surface area contributed by atoms with Crippen molar-refractivity contribution in [1.82, 2.24) is 5.32 Å². The zero-order chi connectivity index (χ0) is 8.48. The smallest absolute Gasteiger partial charge is 0.111 e. The van der Waals surface area contributed by atoms with Crippen LogP contribution in [-0.4, -0.2) is 17.5 Å². The van der Waals surface area contributed by atoms with Crippen molar-refractivity contribution in [2.24, 2.45) is 11.1 Å². The molecule has 0 bridgehead atoms. The summed E-state index contributed by atoms with van der Waals surface area (Å²) in [7, 11) is 0. The first kappa shape index (κ1) is 8.97. The number of nitrogens with two attached hydrogens (primary N) is 1. The molecular formula is C8H18N2O. The molecular weight excluding hydrogens is 140 g/mol. The van der Waals surface area contributed by atoms with E-state index in [1.165, 1.54) is 0 Å². The van der Waals surface area contributed by atoms with Gasteiger partial charge in [-0.3, -0.25) is 5.32 Å². The highest BCUT2D eigenvalue weighted by Crippen LogP contribution is 2.47. The third-order valence-corrected chi connectivity index (χ3v) is 2.51. The van der Waals surface area contributed by atoms with E-state index in [0.717, 1.165) is 19.3 Å². The Kier molecular flexibility index (Phi) is 2.52. The van der Waals surface area contributed by atoms with E-state index >= 15 is 0 Å². The molecule has 0 amide bonds. The van der Waals surface area contributed by atoms with Crippen LogP contribution in [0.1, 0.15) is 33.1 Å². The van der Waals surface area contributed by atoms with Crippen LogP contribution in [0.2, 0.25) is 0 Å². The van der Waals surface area contributed by atoms with Crippen molar-refractivity contribution in [3.8, 4) is 0 Å². The number of aliphatic hydroxyl groups is 1. The van der Waals surface area contributed by atoms with E-state index in [4.69, 9.17) is 5.73 Å². The summed E-state index contributed by atoms with van der Waals surface area (Å²) in [6.07, 6.45) is 2.59. The summed E-state index contributed by atoms with van der Waals surface area (Å²) >= 11 is 0. The van der Waals surface area contributed by atoms with Gasteiger partial charge in [0.1, 0.15) is 6.23 Å². The molecule has 66 valence electrons. The Labute approximate surface area is 68.0 Å². The van der Waals surface area contributed by atoms with Gasteiger partial charge in [0.05, 0.1) is 6.17 Å². The monoisotopic (exact) mass is 158 g/mol. The summed E-state index contributed by atoms with van der Waals surface area (Å²) in [5, 5.41) is 12.5. The molecule has 2 unspecified atom stereocenters. The molecule has 1 rings (SSSR count). The molecule has 1 saturated carbocycles. The van der Waals surface area contributed by atoms with Gasteiger partial charge in [-0.2, -0.15) is 0 Å². The summed E-state index contributed by atoms with van der Waals surface area (Å²) in [5.41, 5.74) is 5.73. The van der Waals surface area contributed by atoms with Gasteiger partial charge in [-0.15, -0.1) is 0 Å². The highest BCUT2D eigenvalue weighted by Gasteiger charge is 2.44. The fourth-order valence-corrected chi connectivity index (χ4v) is 0.992. The molecule has 3 nitrogen and oxygen atoms in total. The standard InChI is InChI=1S/C8H18N2O/c1-3-6(9)10-7(11)8(2)4-5-8/h6-7,10-11H,3-5,9H2,1-2H3. The Morgan fingerprint density at radius 3 is 2.55 bits per heavy atom. The van der Waals surface area contributed by atoms with Crippen molar-refractivity contribution in [3.05, 3.63) is 0 Å². The molecule has 0 saturated heterocycles. The number of rotatable bonds is 4. The van der Waals surface area contributed by atoms with E-state index < -0.39 is 6.23 Å². The second kappa shape index (κ2) is 3.09. The molecule has 3 heteroatoms. The number of hydrogen-bond acceptors (Lipinski definition) is 3. The van der Waals surface area contributed by atoms with Gasteiger partial charge in [0, 0.05) is 5.41 Å². The average molecular weight is 158 g/mol. The van der Waals surface area contributed by atoms with Crippen LogP contribution >= 0.6 is 0 Å². The zero-order valence-corrected chi connectivity index (χ0v) is 7.30. The second-order valence-electron chi connectivity index (χ2n) is 3.74. The van der Waals surface area contributed by atoms with Gasteiger partial charge in [0.25, 0.3) is 0 Å². The molecule has 11 heavy (non-hydrogen) atoms. The third kappa shape index (κ3) is 2.15. The molecule has 1 aliphatic rings. The molecule has 0 aliphatic heterocycles. The van der Waals surface area contributed by atoms with E-state index in [-0.39, 0.29) is 11.6 Å². The largest absolute Gasteiger partial charge is 0.378 e. The minimum atomic E-state index is -0.419. The highest BCUT2D eigenvalue weighted by molar-refractivity contribution is 4.93. The van der Waals surface area contributed by atoms with E-state index in [0.29, 0.717) is 0 Å². The maximum absolute atomic E-state index is 9.56. The molecule has 1 aliphatic carbocycles. The van der Waals surface area contributed by atoms with E-state index in [1.54, 1.807) is 0 Å². The van der Waals surface area contributed by atoms with Crippen LogP contribution < -0.4 is 11.1 Å². The summed E-state index contributed by atoms with van der Waals surface area (Å²) in [4.78, 5) is 0. The third-order valence-electron chi connectivity index (χ3n) is 2.51. The first-order valence-corrected chi connectivity index (χ1v) is 4.28. The minimum Gasteiger partial charge on any atom is -0.378 e. The van der Waals surface area contributed by atoms with Crippen LogP contribution in [0.15, 0.2) is 0 Å². The fourth-order valence-electron chi connectivity index (χ4n) is 0.992. The molecule has 2 atom stereocenters. The van der Waals surface area contributed by atoms with Gasteiger partial charge < -0.3 is 10.8 Å². The molecule has 0 aromatic carbocycles. The molecule has 0 aromatic rings. The first-order chi connectivity index (χ1) is 5.08. The van der Waals surface area contributed by atoms with Gasteiger partial charge in [-0.1, -0.05) is 13.8 Å². The average Bonchev–Trinajstić information content (AvgIpc) is 2.69. The number of nitrogens with one attached hydrogen (secondary N) is 1. The number of aliphatic hydroxyl groups excluding tert-OH is 1. The van der Waals surface area contributed by atoms with Crippen molar-refractivity contribution >= 4 is 0 Å². The Balaban J connectivity index is 2.25. The lowest BCUT2D eigenvalue weighted by atomic mass is 10.1. The molecule has 0 radical (unpaired) electrons. The van der Waals surface area contributed by atoms with E-state index in [1.807, 2.05) is 6.92 Å². The normalized spacial score (nSPS) is 26.2. The highest BCUT2D eigenvalue weighted by atomic mass is 16.3. The minimum absolute atomic E-state index is 0.0672. The molecule has 4 N–H and O–H groups in total. The van der Waals surface area contributed by atoms with Crippen molar-refractivity contribution in [1.29, 1.82) is 0 Å². The Hall–Kier alpha value is -0.120. The zero-order valence-electron chi connectivity index (χ0n) is 7.30. The number of hydrogen-bond donors (Lipinski definition) is 3. The van der Waals surface area contributed by atoms with Crippen LogP contribution in [0, 0.1) is 5.41 Å². The lowest BCUT2D eigenvalue weighted by molar-refractivity contribution is 0.0576. The summed E-state index contributed by atoms with van der Waals surface area (Å²) in [6, 6.07) is 0. The Morgan fingerprint density at radius 1 is 1.64 bits per heavy atom. The lowest BCUT2D eigenvalue weighted by Gasteiger charge is -2.22. The van der Waals surface area contributed by atoms with Crippen LogP contribution in [-0.2, 0) is 0 Å². The van der Waals surface area contributed by atoms with Crippen molar-refractivity contribution < 1.29 is 5.11 Å². The molecule has 1 fully saturated rings. The lowest BCUT2D eigenvalue weighted by Crippen LogP contribution is -2.47. The Bertz CT molecular complexity index is 134. The van der Waals surface area contributed by atoms with Crippen LogP contribution in [0.25, 0.3) is 0 Å². The maximum atomic E-state index is 9.56. The predicted octanol–water partition coefficient (Wildman–Crippen LogP) is 0.389. The first-order valence-electron chi connectivity index (χ1n) is 4.28. The Morgan fingerprint density at radius 2 is 2.18 bits per heavy atom. The van der Waals surface area contributed by atoms with E-state index in [9.17, 15) is 5.11 Å². The topological polar surface area (TPSA) is 58.3 Å². The molecule has 0 aromatic heterocycles. The van der Waals surface area contributed by atoms with E-state index in [2.05, 4.69) is 12.2 Å². The SMILES string of the molecule is CCC(N)NC(O)C1(C)CC1. The van der Waals surface area contributed by atoms with Crippen molar-refractivity contribution in [2.75, 3.05) is 0 Å². The maximum Gasteiger partial charge on any atom is 0.111 e. The summed E-state index contributed by atoms with van der Waals surface area (Å²) < 4.78 is 0. The van der Waals surface area contributed by atoms with Crippen molar-refractivity contribution in [2.45, 2.75) is 45.5 Å². The fraction of sp³-hybridized carbons (Fsp3) is 1.00. The van der Waals surface area contributed by atoms with Crippen LogP contribution in [0.4, 0.5) is 0 Å². The second-order valence-corrected chi connectivity index (χ2v) is 3.74. The van der Waals surface area contributed by atoms with Gasteiger partial charge >= 0.3 is 0 Å². The van der Waals surface area contributed by atoms with Gasteiger partial charge in [0.15, 0.2) is 0 Å². The van der Waals surface area contributed by atoms with Gasteiger partial charge in [0.2, 0.25) is 0 Å². The molecule has 0 spiro atoms. The quantitative estimate of drug-likeness (QED) is 0.519. The summed E-state index contributed by atoms with van der Waals surface area (Å²) in [5.74, 6) is 0. The van der Waals surface area contributed by atoms with Crippen molar-refractivity contribution in [3.63, 3.8) is 0 Å². The van der Waals surface area contributed by atoms with Gasteiger partial charge in [-0.05, 0) is 19.3 Å².